The molecular weight excluding hydrogens is 398 g/mol. The van der Waals surface area contributed by atoms with Crippen LogP contribution in [-0.4, -0.2) is 22.4 Å². The Bertz CT molecular complexity index is 1160. The largest absolute Gasteiger partial charge is 0.494 e. The Morgan fingerprint density at radius 3 is 2.78 bits per heavy atom. The first-order chi connectivity index (χ1) is 15.6. The van der Waals surface area contributed by atoms with Gasteiger partial charge in [-0.15, -0.1) is 0 Å². The van der Waals surface area contributed by atoms with Crippen LogP contribution in [0.15, 0.2) is 90.2 Å². The Hall–Kier alpha value is -3.80. The van der Waals surface area contributed by atoms with Crippen LogP contribution in [-0.2, 0) is 0 Å². The Kier molecular flexibility index (Phi) is 6.40. The van der Waals surface area contributed by atoms with E-state index in [4.69, 9.17) is 15.5 Å². The molecule has 0 saturated heterocycles. The van der Waals surface area contributed by atoms with Crippen molar-refractivity contribution in [1.29, 1.82) is 0 Å². The fourth-order valence-corrected chi connectivity index (χ4v) is 4.18. The fourth-order valence-electron chi connectivity index (χ4n) is 4.18. The van der Waals surface area contributed by atoms with E-state index >= 15 is 0 Å². The van der Waals surface area contributed by atoms with E-state index in [9.17, 15) is 0 Å². The van der Waals surface area contributed by atoms with Crippen molar-refractivity contribution in [3.05, 3.63) is 96.5 Å². The van der Waals surface area contributed by atoms with Crippen LogP contribution in [0.25, 0.3) is 5.69 Å². The summed E-state index contributed by atoms with van der Waals surface area (Å²) in [5.74, 6) is 1.50. The average Bonchev–Trinajstić information content (AvgIpc) is 3.25. The molecule has 0 aliphatic heterocycles. The first-order valence-corrected chi connectivity index (χ1v) is 10.8. The molecule has 0 spiro atoms. The van der Waals surface area contributed by atoms with Gasteiger partial charge >= 0.3 is 0 Å². The lowest BCUT2D eigenvalue weighted by Crippen LogP contribution is -2.22. The highest BCUT2D eigenvalue weighted by atomic mass is 16.5. The number of rotatable bonds is 6. The second-order valence-corrected chi connectivity index (χ2v) is 7.93. The number of hydrogen-bond acceptors (Lipinski definition) is 5. The summed E-state index contributed by atoms with van der Waals surface area (Å²) < 4.78 is 7.55. The van der Waals surface area contributed by atoms with E-state index in [0.717, 1.165) is 53.4 Å². The molecule has 164 valence electrons. The van der Waals surface area contributed by atoms with Crippen molar-refractivity contribution in [1.82, 2.24) is 9.55 Å². The summed E-state index contributed by atoms with van der Waals surface area (Å²) in [6, 6.07) is 16.4. The molecule has 0 amide bonds. The zero-order valence-electron chi connectivity index (χ0n) is 18.6. The van der Waals surface area contributed by atoms with Gasteiger partial charge in [0, 0.05) is 23.9 Å². The smallest absolute Gasteiger partial charge is 0.144 e. The molecule has 3 N–H and O–H groups in total. The molecule has 6 heteroatoms. The molecule has 4 rings (SSSR count). The Morgan fingerprint density at radius 2 is 2.09 bits per heavy atom. The standard InChI is InChI=1S/C26H29N5O/c1-18-16-31(17-28-18)24-13-12-22(14-25(24)32-3)29-19(2)30-26-21(15-27)10-7-11-23(26)20-8-5-4-6-9-20/h4-6,8-9,12-17,23,29H,2,7,10-11,27H2,1,3H3/b21-15-,30-26+. The van der Waals surface area contributed by atoms with E-state index in [0.29, 0.717) is 5.82 Å². The van der Waals surface area contributed by atoms with Gasteiger partial charge in [-0.2, -0.15) is 0 Å². The number of benzene rings is 2. The lowest BCUT2D eigenvalue weighted by molar-refractivity contribution is 0.413. The van der Waals surface area contributed by atoms with Crippen LogP contribution in [0, 0.1) is 6.92 Å². The van der Waals surface area contributed by atoms with Gasteiger partial charge in [0.25, 0.3) is 0 Å². The molecule has 3 aromatic rings. The SMILES string of the molecule is C=C(/N=C1\C(=C/N)CCCC1c1ccccc1)Nc1ccc(-n2cnc(C)c2)c(OC)c1. The van der Waals surface area contributed by atoms with Crippen LogP contribution < -0.4 is 15.8 Å². The number of nitrogens with two attached hydrogens (primary N) is 1. The first kappa shape index (κ1) is 21.4. The second-order valence-electron chi connectivity index (χ2n) is 7.93. The molecule has 1 aliphatic rings. The molecule has 1 saturated carbocycles. The van der Waals surface area contributed by atoms with Gasteiger partial charge in [-0.1, -0.05) is 36.9 Å². The van der Waals surface area contributed by atoms with Gasteiger partial charge in [0.05, 0.1) is 30.5 Å². The van der Waals surface area contributed by atoms with Crippen LogP contribution >= 0.6 is 0 Å². The summed E-state index contributed by atoms with van der Waals surface area (Å²) in [5, 5.41) is 3.31. The van der Waals surface area contributed by atoms with E-state index in [-0.39, 0.29) is 5.92 Å². The van der Waals surface area contributed by atoms with Crippen LogP contribution in [0.3, 0.4) is 0 Å². The maximum atomic E-state index is 5.96. The number of imidazole rings is 1. The number of ether oxygens (including phenoxy) is 1. The highest BCUT2D eigenvalue weighted by molar-refractivity contribution is 6.06. The zero-order valence-corrected chi connectivity index (χ0v) is 18.6. The third-order valence-electron chi connectivity index (χ3n) is 5.71. The van der Waals surface area contributed by atoms with Gasteiger partial charge < -0.3 is 20.4 Å². The van der Waals surface area contributed by atoms with E-state index < -0.39 is 0 Å². The summed E-state index contributed by atoms with van der Waals surface area (Å²) in [6.45, 7) is 6.12. The monoisotopic (exact) mass is 427 g/mol. The van der Waals surface area contributed by atoms with Crippen molar-refractivity contribution in [3.63, 3.8) is 0 Å². The number of allylic oxidation sites excluding steroid dienone is 1. The van der Waals surface area contributed by atoms with Crippen LogP contribution in [0.5, 0.6) is 5.75 Å². The van der Waals surface area contributed by atoms with Gasteiger partial charge in [-0.05, 0) is 55.7 Å². The third kappa shape index (κ3) is 4.59. The topological polar surface area (TPSA) is 77.5 Å². The van der Waals surface area contributed by atoms with Crippen molar-refractivity contribution in [2.75, 3.05) is 12.4 Å². The molecule has 0 radical (unpaired) electrons. The van der Waals surface area contributed by atoms with E-state index in [2.05, 4.69) is 41.1 Å². The molecule has 1 aliphatic carbocycles. The highest BCUT2D eigenvalue weighted by Gasteiger charge is 2.26. The van der Waals surface area contributed by atoms with Crippen molar-refractivity contribution < 1.29 is 4.74 Å². The average molecular weight is 428 g/mol. The molecule has 32 heavy (non-hydrogen) atoms. The number of aromatic nitrogens is 2. The molecule has 1 atom stereocenters. The quantitative estimate of drug-likeness (QED) is 0.558. The lowest BCUT2D eigenvalue weighted by Gasteiger charge is -2.27. The fraction of sp³-hybridized carbons (Fsp3) is 0.231. The molecule has 2 aromatic carbocycles. The van der Waals surface area contributed by atoms with E-state index in [1.165, 1.54) is 5.56 Å². The van der Waals surface area contributed by atoms with Crippen molar-refractivity contribution in [3.8, 4) is 11.4 Å². The zero-order chi connectivity index (χ0) is 22.5. The second kappa shape index (κ2) is 9.56. The van der Waals surface area contributed by atoms with Crippen molar-refractivity contribution in [2.24, 2.45) is 10.7 Å². The number of aliphatic imine (C=N–C) groups is 1. The normalized spacial score (nSPS) is 18.6. The minimum absolute atomic E-state index is 0.208. The Morgan fingerprint density at radius 1 is 1.28 bits per heavy atom. The van der Waals surface area contributed by atoms with Gasteiger partial charge in [-0.3, -0.25) is 0 Å². The molecule has 6 nitrogen and oxygen atoms in total. The van der Waals surface area contributed by atoms with E-state index in [1.807, 2.05) is 42.0 Å². The molecule has 1 unspecified atom stereocenters. The van der Waals surface area contributed by atoms with Gasteiger partial charge in [0.1, 0.15) is 11.6 Å². The van der Waals surface area contributed by atoms with Gasteiger partial charge in [0.2, 0.25) is 0 Å². The maximum absolute atomic E-state index is 5.96. The van der Waals surface area contributed by atoms with Gasteiger partial charge in [-0.25, -0.2) is 9.98 Å². The molecule has 0 bridgehead atoms. The van der Waals surface area contributed by atoms with Crippen LogP contribution in [0.2, 0.25) is 0 Å². The molecule has 1 heterocycles. The van der Waals surface area contributed by atoms with Crippen LogP contribution in [0.1, 0.15) is 36.4 Å². The summed E-state index contributed by atoms with van der Waals surface area (Å²) in [7, 11) is 1.66. The van der Waals surface area contributed by atoms with Crippen LogP contribution in [0.4, 0.5) is 5.69 Å². The van der Waals surface area contributed by atoms with Crippen molar-refractivity contribution >= 4 is 11.4 Å². The number of anilines is 1. The first-order valence-electron chi connectivity index (χ1n) is 10.8. The number of methoxy groups -OCH3 is 1. The number of hydrogen-bond donors (Lipinski definition) is 2. The number of nitrogens with zero attached hydrogens (tertiary/aromatic N) is 3. The molecule has 1 aromatic heterocycles. The molecular formula is C26H29N5O. The summed E-state index contributed by atoms with van der Waals surface area (Å²) >= 11 is 0. The summed E-state index contributed by atoms with van der Waals surface area (Å²) in [6.07, 6.45) is 8.49. The number of nitrogens with one attached hydrogen (secondary N) is 1. The van der Waals surface area contributed by atoms with E-state index in [1.54, 1.807) is 19.6 Å². The Labute approximate surface area is 189 Å². The minimum Gasteiger partial charge on any atom is -0.494 e. The maximum Gasteiger partial charge on any atom is 0.144 e. The predicted octanol–water partition coefficient (Wildman–Crippen LogP) is 5.32. The van der Waals surface area contributed by atoms with Gasteiger partial charge in [0.15, 0.2) is 0 Å². The lowest BCUT2D eigenvalue weighted by atomic mass is 9.79. The number of aryl methyl sites for hydroxylation is 1. The summed E-state index contributed by atoms with van der Waals surface area (Å²) in [4.78, 5) is 9.18. The third-order valence-corrected chi connectivity index (χ3v) is 5.71. The predicted molar refractivity (Wildman–Crippen MR) is 130 cm³/mol. The minimum atomic E-state index is 0.208. The Balaban J connectivity index is 1.59. The summed E-state index contributed by atoms with van der Waals surface area (Å²) in [5.41, 5.74) is 12.0. The molecule has 1 fully saturated rings. The highest BCUT2D eigenvalue weighted by Crippen LogP contribution is 2.34. The van der Waals surface area contributed by atoms with Crippen molar-refractivity contribution in [2.45, 2.75) is 32.1 Å².